The van der Waals surface area contributed by atoms with Gasteiger partial charge in [-0.1, -0.05) is 27.7 Å². The van der Waals surface area contributed by atoms with Crippen LogP contribution in [0.3, 0.4) is 0 Å². The number of nitrogens with one attached hydrogen (secondary N) is 2. The molecule has 0 saturated heterocycles. The molecule has 2 aromatic rings. The van der Waals surface area contributed by atoms with E-state index in [1.165, 1.54) is 24.3 Å². The van der Waals surface area contributed by atoms with E-state index in [2.05, 4.69) is 54.3 Å². The van der Waals surface area contributed by atoms with E-state index >= 15 is 0 Å². The van der Waals surface area contributed by atoms with E-state index in [0.717, 1.165) is 17.0 Å². The standard InChI is InChI=1S/C33H36BrFN2O5/c1-6-41-26-12-18(11-21(34)31(26)42-17-27(40)36-20-9-7-19(35)8-10-20)28-29-22(13-32(2,3)15-24(29)38)37-23-14-33(4,5)16-25(39)30(23)28/h7-12,28,37H,6,13-17H2,1-5H3,(H,36,40). The molecule has 1 amide bonds. The van der Waals surface area contributed by atoms with Crippen molar-refractivity contribution in [3.05, 3.63) is 74.8 Å². The van der Waals surface area contributed by atoms with Crippen molar-refractivity contribution in [2.45, 2.75) is 66.2 Å². The Bertz CT molecular complexity index is 1470. The Labute approximate surface area is 254 Å². The van der Waals surface area contributed by atoms with E-state index in [1.807, 2.05) is 19.1 Å². The molecule has 0 saturated carbocycles. The molecule has 7 nitrogen and oxygen atoms in total. The van der Waals surface area contributed by atoms with Gasteiger partial charge in [-0.3, -0.25) is 14.4 Å². The fraction of sp³-hybridized carbons (Fsp3) is 0.424. The number of ether oxygens (including phenoxy) is 2. The number of benzene rings is 2. The molecular weight excluding hydrogens is 603 g/mol. The highest BCUT2D eigenvalue weighted by Gasteiger charge is 2.46. The molecule has 2 aromatic carbocycles. The zero-order valence-corrected chi connectivity index (χ0v) is 26.2. The molecule has 0 atom stereocenters. The molecule has 1 aliphatic heterocycles. The lowest BCUT2D eigenvalue weighted by Crippen LogP contribution is -2.42. The smallest absolute Gasteiger partial charge is 0.262 e. The van der Waals surface area contributed by atoms with Crippen LogP contribution >= 0.6 is 15.9 Å². The Balaban J connectivity index is 1.52. The lowest BCUT2D eigenvalue weighted by molar-refractivity contribution is -0.119. The maximum Gasteiger partial charge on any atom is 0.262 e. The summed E-state index contributed by atoms with van der Waals surface area (Å²) in [4.78, 5) is 39.9. The van der Waals surface area contributed by atoms with Crippen molar-refractivity contribution in [1.82, 2.24) is 5.32 Å². The predicted molar refractivity (Wildman–Crippen MR) is 162 cm³/mol. The Kier molecular flexibility index (Phi) is 8.09. The number of amides is 1. The molecule has 42 heavy (non-hydrogen) atoms. The third-order valence-electron chi connectivity index (χ3n) is 7.86. The van der Waals surface area contributed by atoms with Crippen LogP contribution in [0, 0.1) is 16.6 Å². The quantitative estimate of drug-likeness (QED) is 0.340. The summed E-state index contributed by atoms with van der Waals surface area (Å²) in [6.45, 7) is 10.2. The second-order valence-corrected chi connectivity index (χ2v) is 13.7. The van der Waals surface area contributed by atoms with Gasteiger partial charge in [-0.25, -0.2) is 4.39 Å². The predicted octanol–water partition coefficient (Wildman–Crippen LogP) is 6.98. The molecule has 0 spiro atoms. The number of Topliss-reactive ketones (excluding diaryl/α,β-unsaturated/α-hetero) is 2. The molecule has 5 rings (SSSR count). The Hall–Kier alpha value is -3.46. The minimum atomic E-state index is -0.533. The summed E-state index contributed by atoms with van der Waals surface area (Å²) in [7, 11) is 0. The first-order valence-corrected chi connectivity index (χ1v) is 15.0. The average Bonchev–Trinajstić information content (AvgIpc) is 2.87. The van der Waals surface area contributed by atoms with Gasteiger partial charge in [0.15, 0.2) is 29.7 Å². The van der Waals surface area contributed by atoms with Crippen LogP contribution in [-0.4, -0.2) is 30.7 Å². The van der Waals surface area contributed by atoms with Crippen molar-refractivity contribution >= 4 is 39.1 Å². The first-order chi connectivity index (χ1) is 19.8. The number of carbonyl (C=O) groups is 3. The summed E-state index contributed by atoms with van der Waals surface area (Å²) >= 11 is 3.61. The molecule has 2 N–H and O–H groups in total. The molecule has 1 heterocycles. The summed E-state index contributed by atoms with van der Waals surface area (Å²) < 4.78 is 25.6. The van der Waals surface area contributed by atoms with Crippen molar-refractivity contribution in [1.29, 1.82) is 0 Å². The molecular formula is C33H36BrFN2O5. The van der Waals surface area contributed by atoms with Crippen LogP contribution in [0.2, 0.25) is 0 Å². The van der Waals surface area contributed by atoms with Crippen molar-refractivity contribution in [3.8, 4) is 11.5 Å². The highest BCUT2D eigenvalue weighted by Crippen LogP contribution is 2.52. The van der Waals surface area contributed by atoms with Gasteiger partial charge in [0.25, 0.3) is 5.91 Å². The van der Waals surface area contributed by atoms with Gasteiger partial charge in [-0.05, 0) is 88.5 Å². The maximum absolute atomic E-state index is 13.7. The molecule has 9 heteroatoms. The first kappa shape index (κ1) is 30.0. The Morgan fingerprint density at radius 2 is 1.52 bits per heavy atom. The molecule has 222 valence electrons. The number of rotatable bonds is 7. The van der Waals surface area contributed by atoms with Gasteiger partial charge in [0.05, 0.1) is 11.1 Å². The summed E-state index contributed by atoms with van der Waals surface area (Å²) in [5.41, 5.74) is 3.87. The zero-order valence-electron chi connectivity index (χ0n) is 24.6. The van der Waals surface area contributed by atoms with Gasteiger partial charge >= 0.3 is 0 Å². The number of hydrogen-bond acceptors (Lipinski definition) is 6. The Morgan fingerprint density at radius 3 is 2.07 bits per heavy atom. The third kappa shape index (κ3) is 6.16. The first-order valence-electron chi connectivity index (χ1n) is 14.2. The molecule has 3 aliphatic rings. The number of halogens is 2. The Morgan fingerprint density at radius 1 is 0.952 bits per heavy atom. The van der Waals surface area contributed by atoms with Crippen LogP contribution in [-0.2, 0) is 14.4 Å². The number of dihydropyridines is 1. The minimum Gasteiger partial charge on any atom is -0.490 e. The summed E-state index contributed by atoms with van der Waals surface area (Å²) in [5.74, 6) is -0.550. The highest BCUT2D eigenvalue weighted by molar-refractivity contribution is 9.10. The number of hydrogen-bond donors (Lipinski definition) is 2. The topological polar surface area (TPSA) is 93.7 Å². The monoisotopic (exact) mass is 638 g/mol. The van der Waals surface area contributed by atoms with Crippen LogP contribution in [0.15, 0.2) is 63.4 Å². The molecule has 2 aliphatic carbocycles. The maximum atomic E-state index is 13.7. The van der Waals surface area contributed by atoms with Gasteiger partial charge in [-0.2, -0.15) is 0 Å². The van der Waals surface area contributed by atoms with Crippen molar-refractivity contribution in [2.24, 2.45) is 10.8 Å². The zero-order chi connectivity index (χ0) is 30.4. The molecule has 0 bridgehead atoms. The second kappa shape index (κ2) is 11.3. The van der Waals surface area contributed by atoms with Gasteiger partial charge in [0.2, 0.25) is 0 Å². The third-order valence-corrected chi connectivity index (χ3v) is 8.45. The van der Waals surface area contributed by atoms with Crippen molar-refractivity contribution < 1.29 is 28.2 Å². The number of anilines is 1. The van der Waals surface area contributed by atoms with E-state index in [-0.39, 0.29) is 29.0 Å². The molecule has 0 unspecified atom stereocenters. The summed E-state index contributed by atoms with van der Waals surface area (Å²) in [6, 6.07) is 9.12. The largest absolute Gasteiger partial charge is 0.490 e. The molecule has 0 fully saturated rings. The fourth-order valence-electron chi connectivity index (χ4n) is 6.25. The number of allylic oxidation sites excluding steroid dienone is 4. The van der Waals surface area contributed by atoms with Gasteiger partial charge < -0.3 is 20.1 Å². The van der Waals surface area contributed by atoms with E-state index in [0.29, 0.717) is 65.1 Å². The van der Waals surface area contributed by atoms with Gasteiger partial charge in [0.1, 0.15) is 5.82 Å². The van der Waals surface area contributed by atoms with Crippen LogP contribution in [0.25, 0.3) is 0 Å². The summed E-state index contributed by atoms with van der Waals surface area (Å²) in [5, 5.41) is 6.21. The van der Waals surface area contributed by atoms with Gasteiger partial charge in [0, 0.05) is 47.0 Å². The van der Waals surface area contributed by atoms with Crippen LogP contribution in [0.5, 0.6) is 11.5 Å². The van der Waals surface area contributed by atoms with Crippen LogP contribution in [0.1, 0.15) is 71.8 Å². The van der Waals surface area contributed by atoms with E-state index in [4.69, 9.17) is 9.47 Å². The fourth-order valence-corrected chi connectivity index (χ4v) is 6.82. The van der Waals surface area contributed by atoms with Crippen LogP contribution < -0.4 is 20.1 Å². The van der Waals surface area contributed by atoms with Gasteiger partial charge in [-0.15, -0.1) is 0 Å². The van der Waals surface area contributed by atoms with Crippen molar-refractivity contribution in [2.75, 3.05) is 18.5 Å². The van der Waals surface area contributed by atoms with E-state index in [9.17, 15) is 18.8 Å². The number of carbonyl (C=O) groups excluding carboxylic acids is 3. The molecule has 0 aromatic heterocycles. The number of ketones is 2. The molecule has 0 radical (unpaired) electrons. The lowest BCUT2D eigenvalue weighted by atomic mass is 9.64. The summed E-state index contributed by atoms with van der Waals surface area (Å²) in [6.07, 6.45) is 2.21. The van der Waals surface area contributed by atoms with E-state index < -0.39 is 17.6 Å². The second-order valence-electron chi connectivity index (χ2n) is 12.8. The van der Waals surface area contributed by atoms with Crippen molar-refractivity contribution in [3.63, 3.8) is 0 Å². The lowest BCUT2D eigenvalue weighted by Gasteiger charge is -2.44. The van der Waals surface area contributed by atoms with E-state index in [1.54, 1.807) is 0 Å². The average molecular weight is 640 g/mol. The normalized spacial score (nSPS) is 19.6. The SMILES string of the molecule is CCOc1cc(C2C3=C(CC(C)(C)CC3=O)NC3=C2C(=O)CC(C)(C)C3)cc(Br)c1OCC(=O)Nc1ccc(F)cc1. The van der Waals surface area contributed by atoms with Crippen LogP contribution in [0.4, 0.5) is 10.1 Å². The minimum absolute atomic E-state index is 0.0369. The highest BCUT2D eigenvalue weighted by atomic mass is 79.9.